The van der Waals surface area contributed by atoms with Gasteiger partial charge in [0.05, 0.1) is 13.2 Å². The van der Waals surface area contributed by atoms with Crippen molar-refractivity contribution in [3.8, 4) is 5.88 Å². The molecule has 0 aliphatic carbocycles. The van der Waals surface area contributed by atoms with Gasteiger partial charge in [0.25, 0.3) is 0 Å². The number of aromatic nitrogens is 1. The Kier molecular flexibility index (Phi) is 4.72. The maximum atomic E-state index is 11.4. The quantitative estimate of drug-likeness (QED) is 0.759. The number of pyridine rings is 1. The fourth-order valence-electron chi connectivity index (χ4n) is 1.14. The van der Waals surface area contributed by atoms with Gasteiger partial charge in [-0.25, -0.2) is 4.98 Å². The zero-order valence-electron chi connectivity index (χ0n) is 9.56. The van der Waals surface area contributed by atoms with Crippen molar-refractivity contribution in [1.29, 1.82) is 0 Å². The molecule has 0 aliphatic rings. The SMILES string of the molecule is CC[C@@H](N)C(=O)NCc1ccc(OC)nc1. The van der Waals surface area contributed by atoms with Crippen molar-refractivity contribution in [2.75, 3.05) is 7.11 Å². The van der Waals surface area contributed by atoms with Crippen molar-refractivity contribution in [3.05, 3.63) is 23.9 Å². The molecule has 1 atom stereocenters. The van der Waals surface area contributed by atoms with Crippen LogP contribution in [-0.4, -0.2) is 24.0 Å². The molecule has 0 bridgehead atoms. The van der Waals surface area contributed by atoms with E-state index in [-0.39, 0.29) is 5.91 Å². The van der Waals surface area contributed by atoms with Crippen LogP contribution in [0.4, 0.5) is 0 Å². The van der Waals surface area contributed by atoms with Crippen LogP contribution in [0.1, 0.15) is 18.9 Å². The van der Waals surface area contributed by atoms with E-state index in [1.165, 1.54) is 0 Å². The molecule has 0 radical (unpaired) electrons. The van der Waals surface area contributed by atoms with E-state index in [0.717, 1.165) is 5.56 Å². The molecule has 0 unspecified atom stereocenters. The molecule has 1 aromatic heterocycles. The van der Waals surface area contributed by atoms with E-state index in [9.17, 15) is 4.79 Å². The van der Waals surface area contributed by atoms with Gasteiger partial charge in [0.1, 0.15) is 0 Å². The van der Waals surface area contributed by atoms with Crippen LogP contribution in [0.3, 0.4) is 0 Å². The molecule has 16 heavy (non-hydrogen) atoms. The summed E-state index contributed by atoms with van der Waals surface area (Å²) in [5.41, 5.74) is 6.49. The molecule has 1 heterocycles. The minimum atomic E-state index is -0.439. The van der Waals surface area contributed by atoms with Crippen LogP contribution in [0.5, 0.6) is 5.88 Å². The Morgan fingerprint density at radius 2 is 2.38 bits per heavy atom. The molecule has 88 valence electrons. The van der Waals surface area contributed by atoms with Gasteiger partial charge >= 0.3 is 0 Å². The van der Waals surface area contributed by atoms with E-state index in [1.807, 2.05) is 13.0 Å². The molecule has 5 nitrogen and oxygen atoms in total. The van der Waals surface area contributed by atoms with Crippen molar-refractivity contribution in [2.45, 2.75) is 25.9 Å². The predicted molar refractivity (Wildman–Crippen MR) is 60.9 cm³/mol. The van der Waals surface area contributed by atoms with Gasteiger partial charge in [-0.3, -0.25) is 4.79 Å². The number of carbonyl (C=O) groups excluding carboxylic acids is 1. The highest BCUT2D eigenvalue weighted by Gasteiger charge is 2.09. The number of nitrogens with one attached hydrogen (secondary N) is 1. The molecule has 1 rings (SSSR count). The number of nitrogens with two attached hydrogens (primary N) is 1. The Morgan fingerprint density at radius 1 is 1.62 bits per heavy atom. The molecule has 0 saturated carbocycles. The van der Waals surface area contributed by atoms with Gasteiger partial charge in [-0.05, 0) is 12.0 Å². The molecule has 5 heteroatoms. The lowest BCUT2D eigenvalue weighted by Gasteiger charge is -2.09. The number of rotatable bonds is 5. The molecule has 0 aliphatic heterocycles. The fraction of sp³-hybridized carbons (Fsp3) is 0.455. The lowest BCUT2D eigenvalue weighted by atomic mass is 10.2. The summed E-state index contributed by atoms with van der Waals surface area (Å²) >= 11 is 0. The van der Waals surface area contributed by atoms with E-state index in [4.69, 9.17) is 10.5 Å². The number of carbonyl (C=O) groups is 1. The second-order valence-electron chi connectivity index (χ2n) is 3.44. The van der Waals surface area contributed by atoms with Crippen LogP contribution in [-0.2, 0) is 11.3 Å². The Hall–Kier alpha value is -1.62. The van der Waals surface area contributed by atoms with Crippen molar-refractivity contribution in [1.82, 2.24) is 10.3 Å². The highest BCUT2D eigenvalue weighted by Crippen LogP contribution is 2.06. The molecule has 1 aromatic rings. The third kappa shape index (κ3) is 3.51. The first kappa shape index (κ1) is 12.4. The number of ether oxygens (including phenoxy) is 1. The van der Waals surface area contributed by atoms with Crippen molar-refractivity contribution in [2.24, 2.45) is 5.73 Å². The Morgan fingerprint density at radius 3 is 2.88 bits per heavy atom. The largest absolute Gasteiger partial charge is 0.481 e. The standard InChI is InChI=1S/C11H17N3O2/c1-3-9(12)11(15)14-7-8-4-5-10(16-2)13-6-8/h4-6,9H,3,7,12H2,1-2H3,(H,14,15)/t9-/m1/s1. The van der Waals surface area contributed by atoms with Crippen LogP contribution < -0.4 is 15.8 Å². The van der Waals surface area contributed by atoms with Gasteiger partial charge < -0.3 is 15.8 Å². The minimum absolute atomic E-state index is 0.140. The fourth-order valence-corrected chi connectivity index (χ4v) is 1.14. The normalized spacial score (nSPS) is 11.9. The minimum Gasteiger partial charge on any atom is -0.481 e. The van der Waals surface area contributed by atoms with Crippen LogP contribution >= 0.6 is 0 Å². The van der Waals surface area contributed by atoms with Gasteiger partial charge in [0, 0.05) is 18.8 Å². The van der Waals surface area contributed by atoms with Crippen LogP contribution in [0.25, 0.3) is 0 Å². The molecule has 0 spiro atoms. The number of nitrogens with zero attached hydrogens (tertiary/aromatic N) is 1. The molecular weight excluding hydrogens is 206 g/mol. The second-order valence-corrected chi connectivity index (χ2v) is 3.44. The summed E-state index contributed by atoms with van der Waals surface area (Å²) in [7, 11) is 1.56. The van der Waals surface area contributed by atoms with Crippen molar-refractivity contribution in [3.63, 3.8) is 0 Å². The lowest BCUT2D eigenvalue weighted by Crippen LogP contribution is -2.39. The highest BCUT2D eigenvalue weighted by molar-refractivity contribution is 5.81. The van der Waals surface area contributed by atoms with Crippen LogP contribution in [0.2, 0.25) is 0 Å². The summed E-state index contributed by atoms with van der Waals surface area (Å²) in [6.07, 6.45) is 2.29. The first-order valence-electron chi connectivity index (χ1n) is 5.19. The Bertz CT molecular complexity index is 338. The van der Waals surface area contributed by atoms with E-state index in [0.29, 0.717) is 18.8 Å². The van der Waals surface area contributed by atoms with Gasteiger partial charge in [0.2, 0.25) is 11.8 Å². The third-order valence-corrected chi connectivity index (χ3v) is 2.25. The summed E-state index contributed by atoms with van der Waals surface area (Å²) in [5, 5.41) is 2.74. The summed E-state index contributed by atoms with van der Waals surface area (Å²) < 4.78 is 4.93. The molecule has 0 aromatic carbocycles. The van der Waals surface area contributed by atoms with Gasteiger partial charge in [-0.15, -0.1) is 0 Å². The zero-order chi connectivity index (χ0) is 12.0. The van der Waals surface area contributed by atoms with Gasteiger partial charge in [-0.2, -0.15) is 0 Å². The highest BCUT2D eigenvalue weighted by atomic mass is 16.5. The zero-order valence-corrected chi connectivity index (χ0v) is 9.56. The number of hydrogen-bond donors (Lipinski definition) is 2. The summed E-state index contributed by atoms with van der Waals surface area (Å²) in [6, 6.07) is 3.16. The Balaban J connectivity index is 2.45. The average molecular weight is 223 g/mol. The van der Waals surface area contributed by atoms with Crippen LogP contribution in [0.15, 0.2) is 18.3 Å². The number of amides is 1. The second kappa shape index (κ2) is 6.07. The first-order valence-corrected chi connectivity index (χ1v) is 5.19. The van der Waals surface area contributed by atoms with Gasteiger partial charge in [0.15, 0.2) is 0 Å². The number of hydrogen-bond acceptors (Lipinski definition) is 4. The number of methoxy groups -OCH3 is 1. The predicted octanol–water partition coefficient (Wildman–Crippen LogP) is 0.444. The summed E-state index contributed by atoms with van der Waals surface area (Å²) in [5.74, 6) is 0.415. The summed E-state index contributed by atoms with van der Waals surface area (Å²) in [4.78, 5) is 15.4. The van der Waals surface area contributed by atoms with E-state index in [2.05, 4.69) is 10.3 Å². The Labute approximate surface area is 95.0 Å². The smallest absolute Gasteiger partial charge is 0.237 e. The third-order valence-electron chi connectivity index (χ3n) is 2.25. The maximum absolute atomic E-state index is 11.4. The topological polar surface area (TPSA) is 77.2 Å². The first-order chi connectivity index (χ1) is 7.67. The summed E-state index contributed by atoms with van der Waals surface area (Å²) in [6.45, 7) is 2.31. The van der Waals surface area contributed by atoms with Crippen molar-refractivity contribution < 1.29 is 9.53 Å². The monoisotopic (exact) mass is 223 g/mol. The molecular formula is C11H17N3O2. The molecule has 0 fully saturated rings. The van der Waals surface area contributed by atoms with E-state index >= 15 is 0 Å². The van der Waals surface area contributed by atoms with Crippen LogP contribution in [0, 0.1) is 0 Å². The van der Waals surface area contributed by atoms with E-state index < -0.39 is 6.04 Å². The molecule has 3 N–H and O–H groups in total. The maximum Gasteiger partial charge on any atom is 0.237 e. The van der Waals surface area contributed by atoms with Gasteiger partial charge in [-0.1, -0.05) is 13.0 Å². The molecule has 1 amide bonds. The van der Waals surface area contributed by atoms with Crippen molar-refractivity contribution >= 4 is 5.91 Å². The average Bonchev–Trinajstić information content (AvgIpc) is 2.35. The lowest BCUT2D eigenvalue weighted by molar-refractivity contribution is -0.122. The van der Waals surface area contributed by atoms with E-state index in [1.54, 1.807) is 19.4 Å². The molecule has 0 saturated heterocycles.